The first-order valence-electron chi connectivity index (χ1n) is 4.93. The first-order valence-corrected chi connectivity index (χ1v) is 4.93. The van der Waals surface area contributed by atoms with Gasteiger partial charge in [0.1, 0.15) is 0 Å². The molecule has 1 aliphatic carbocycles. The Labute approximate surface area is 83.6 Å². The third-order valence-corrected chi connectivity index (χ3v) is 2.03. The predicted molar refractivity (Wildman–Crippen MR) is 52.7 cm³/mol. The van der Waals surface area contributed by atoms with Crippen LogP contribution in [0.4, 0.5) is 0 Å². The van der Waals surface area contributed by atoms with E-state index in [9.17, 15) is 9.59 Å². The van der Waals surface area contributed by atoms with Crippen LogP contribution in [-0.2, 0) is 9.59 Å². The van der Waals surface area contributed by atoms with Gasteiger partial charge in [0.15, 0.2) is 0 Å². The second-order valence-electron chi connectivity index (χ2n) is 3.45. The van der Waals surface area contributed by atoms with Crippen molar-refractivity contribution in [1.29, 1.82) is 0 Å². The van der Waals surface area contributed by atoms with E-state index in [0.29, 0.717) is 19.6 Å². The number of amides is 2. The number of hydrogen-bond acceptors (Lipinski definition) is 3. The van der Waals surface area contributed by atoms with Crippen LogP contribution in [0.5, 0.6) is 0 Å². The molecule has 0 bridgehead atoms. The van der Waals surface area contributed by atoms with Gasteiger partial charge in [0.2, 0.25) is 11.8 Å². The second-order valence-corrected chi connectivity index (χ2v) is 3.45. The van der Waals surface area contributed by atoms with E-state index in [1.807, 2.05) is 0 Å². The van der Waals surface area contributed by atoms with E-state index in [4.69, 9.17) is 0 Å². The van der Waals surface area contributed by atoms with Gasteiger partial charge >= 0.3 is 0 Å². The smallest absolute Gasteiger partial charge is 0.234 e. The number of rotatable bonds is 6. The minimum atomic E-state index is -0.0480. The molecule has 1 rings (SSSR count). The van der Waals surface area contributed by atoms with Crippen molar-refractivity contribution in [2.75, 3.05) is 26.7 Å². The maximum atomic E-state index is 11.1. The summed E-state index contributed by atoms with van der Waals surface area (Å²) in [6.45, 7) is 1.33. The van der Waals surface area contributed by atoms with Crippen molar-refractivity contribution in [2.24, 2.45) is 5.92 Å². The standard InChI is InChI=1S/C9H17N3O2/c1-10-6-8(13)11-4-5-12-9(14)7-2-3-7/h7,10H,2-6H2,1H3,(H,11,13)(H,12,14). The maximum absolute atomic E-state index is 11.1. The fourth-order valence-electron chi connectivity index (χ4n) is 1.10. The molecule has 0 heterocycles. The molecule has 0 atom stereocenters. The molecule has 0 aromatic rings. The van der Waals surface area contributed by atoms with Crippen molar-refractivity contribution >= 4 is 11.8 Å². The molecule has 0 aromatic carbocycles. The van der Waals surface area contributed by atoms with E-state index < -0.39 is 0 Å². The minimum Gasteiger partial charge on any atom is -0.354 e. The summed E-state index contributed by atoms with van der Waals surface area (Å²) in [6.07, 6.45) is 2.02. The highest BCUT2D eigenvalue weighted by Gasteiger charge is 2.28. The molecule has 0 spiro atoms. The van der Waals surface area contributed by atoms with Gasteiger partial charge in [-0.25, -0.2) is 0 Å². The Morgan fingerprint density at radius 3 is 2.43 bits per heavy atom. The number of nitrogens with one attached hydrogen (secondary N) is 3. The van der Waals surface area contributed by atoms with Crippen LogP contribution in [-0.4, -0.2) is 38.5 Å². The Hall–Kier alpha value is -1.10. The molecule has 3 N–H and O–H groups in total. The van der Waals surface area contributed by atoms with Gasteiger partial charge in [-0.3, -0.25) is 9.59 Å². The summed E-state index contributed by atoms with van der Waals surface area (Å²) < 4.78 is 0. The van der Waals surface area contributed by atoms with Gasteiger partial charge in [0.25, 0.3) is 0 Å². The van der Waals surface area contributed by atoms with Gasteiger partial charge in [-0.1, -0.05) is 0 Å². The number of carbonyl (C=O) groups is 2. The Morgan fingerprint density at radius 2 is 1.86 bits per heavy atom. The summed E-state index contributed by atoms with van der Waals surface area (Å²) in [4.78, 5) is 22.1. The van der Waals surface area contributed by atoms with E-state index in [1.54, 1.807) is 7.05 Å². The van der Waals surface area contributed by atoms with Crippen LogP contribution in [0.25, 0.3) is 0 Å². The largest absolute Gasteiger partial charge is 0.354 e. The molecule has 1 fully saturated rings. The van der Waals surface area contributed by atoms with Crippen molar-refractivity contribution in [2.45, 2.75) is 12.8 Å². The molecule has 0 aromatic heterocycles. The average molecular weight is 199 g/mol. The predicted octanol–water partition coefficient (Wildman–Crippen LogP) is -1.15. The SMILES string of the molecule is CNCC(=O)NCCNC(=O)C1CC1. The molecular formula is C9H17N3O2. The second kappa shape index (κ2) is 5.59. The zero-order valence-corrected chi connectivity index (χ0v) is 8.43. The lowest BCUT2D eigenvalue weighted by atomic mass is 10.4. The topological polar surface area (TPSA) is 70.2 Å². The fourth-order valence-corrected chi connectivity index (χ4v) is 1.10. The summed E-state index contributed by atoms with van der Waals surface area (Å²) >= 11 is 0. The summed E-state index contributed by atoms with van der Waals surface area (Å²) in [6, 6.07) is 0. The van der Waals surface area contributed by atoms with Gasteiger partial charge in [0, 0.05) is 19.0 Å². The van der Waals surface area contributed by atoms with Crippen LogP contribution < -0.4 is 16.0 Å². The first kappa shape index (κ1) is 11.0. The molecule has 0 saturated heterocycles. The van der Waals surface area contributed by atoms with E-state index in [0.717, 1.165) is 12.8 Å². The number of hydrogen-bond donors (Lipinski definition) is 3. The Balaban J connectivity index is 1.93. The van der Waals surface area contributed by atoms with E-state index in [1.165, 1.54) is 0 Å². The highest BCUT2D eigenvalue weighted by atomic mass is 16.2. The van der Waals surface area contributed by atoms with Crippen molar-refractivity contribution in [1.82, 2.24) is 16.0 Å². The molecule has 14 heavy (non-hydrogen) atoms. The Morgan fingerprint density at radius 1 is 1.21 bits per heavy atom. The minimum absolute atomic E-state index is 0.0480. The van der Waals surface area contributed by atoms with Gasteiger partial charge in [0.05, 0.1) is 6.54 Å². The molecule has 1 saturated carbocycles. The molecule has 1 aliphatic rings. The van der Waals surface area contributed by atoms with Gasteiger partial charge in [-0.05, 0) is 19.9 Å². The fraction of sp³-hybridized carbons (Fsp3) is 0.778. The zero-order valence-electron chi connectivity index (χ0n) is 8.43. The van der Waals surface area contributed by atoms with Gasteiger partial charge < -0.3 is 16.0 Å². The third-order valence-electron chi connectivity index (χ3n) is 2.03. The van der Waals surface area contributed by atoms with Crippen molar-refractivity contribution in [3.63, 3.8) is 0 Å². The van der Waals surface area contributed by atoms with E-state index in [2.05, 4.69) is 16.0 Å². The quantitative estimate of drug-likeness (QED) is 0.473. The number of carbonyl (C=O) groups excluding carboxylic acids is 2. The molecule has 80 valence electrons. The normalized spacial score (nSPS) is 14.9. The van der Waals surface area contributed by atoms with Crippen LogP contribution in [0, 0.1) is 5.92 Å². The van der Waals surface area contributed by atoms with Crippen molar-refractivity contribution < 1.29 is 9.59 Å². The average Bonchev–Trinajstić information content (AvgIpc) is 2.95. The lowest BCUT2D eigenvalue weighted by molar-refractivity contribution is -0.123. The molecule has 5 heteroatoms. The lowest BCUT2D eigenvalue weighted by Gasteiger charge is -2.05. The van der Waals surface area contributed by atoms with Gasteiger partial charge in [-0.2, -0.15) is 0 Å². The van der Waals surface area contributed by atoms with Crippen LogP contribution in [0.1, 0.15) is 12.8 Å². The van der Waals surface area contributed by atoms with Crippen LogP contribution in [0.2, 0.25) is 0 Å². The van der Waals surface area contributed by atoms with Crippen LogP contribution >= 0.6 is 0 Å². The van der Waals surface area contributed by atoms with E-state index in [-0.39, 0.29) is 17.7 Å². The zero-order chi connectivity index (χ0) is 10.4. The molecule has 2 amide bonds. The molecule has 0 unspecified atom stereocenters. The van der Waals surface area contributed by atoms with Crippen LogP contribution in [0.15, 0.2) is 0 Å². The highest BCUT2D eigenvalue weighted by molar-refractivity contribution is 5.81. The molecular weight excluding hydrogens is 182 g/mol. The van der Waals surface area contributed by atoms with Crippen LogP contribution in [0.3, 0.4) is 0 Å². The molecule has 0 aliphatic heterocycles. The maximum Gasteiger partial charge on any atom is 0.234 e. The Kier molecular flexibility index (Phi) is 4.39. The monoisotopic (exact) mass is 199 g/mol. The van der Waals surface area contributed by atoms with Gasteiger partial charge in [-0.15, -0.1) is 0 Å². The highest BCUT2D eigenvalue weighted by Crippen LogP contribution is 2.28. The summed E-state index contributed by atoms with van der Waals surface area (Å²) in [5.41, 5.74) is 0. The molecule has 5 nitrogen and oxygen atoms in total. The van der Waals surface area contributed by atoms with E-state index >= 15 is 0 Å². The first-order chi connectivity index (χ1) is 6.74. The van der Waals surface area contributed by atoms with Crippen molar-refractivity contribution in [3.8, 4) is 0 Å². The summed E-state index contributed by atoms with van der Waals surface area (Å²) in [7, 11) is 1.72. The van der Waals surface area contributed by atoms with Crippen molar-refractivity contribution in [3.05, 3.63) is 0 Å². The summed E-state index contributed by atoms with van der Waals surface area (Å²) in [5.74, 6) is 0.309. The lowest BCUT2D eigenvalue weighted by Crippen LogP contribution is -2.38. The Bertz CT molecular complexity index is 214. The third kappa shape index (κ3) is 4.23. The number of likely N-dealkylation sites (N-methyl/N-ethyl adjacent to an activating group) is 1. The summed E-state index contributed by atoms with van der Waals surface area (Å²) in [5, 5.41) is 8.20. The molecule has 0 radical (unpaired) electrons.